The van der Waals surface area contributed by atoms with Crippen LogP contribution < -0.4 is 11.5 Å². The molecule has 2 aromatic carbocycles. The van der Waals surface area contributed by atoms with Gasteiger partial charge in [-0.1, -0.05) is 59.9 Å². The van der Waals surface area contributed by atoms with Crippen LogP contribution in [-0.2, 0) is 0 Å². The van der Waals surface area contributed by atoms with E-state index in [1.807, 2.05) is 65.3 Å². The van der Waals surface area contributed by atoms with Crippen LogP contribution in [0.25, 0.3) is 27.3 Å². The number of hydrogen-bond acceptors (Lipinski definition) is 4. The zero-order chi connectivity index (χ0) is 16.5. The zero-order valence-corrected chi connectivity index (χ0v) is 13.4. The van der Waals surface area contributed by atoms with Gasteiger partial charge in [-0.15, -0.1) is 0 Å². The number of fused-ring (bicyclic) bond motifs is 1. The summed E-state index contributed by atoms with van der Waals surface area (Å²) in [7, 11) is 0. The summed E-state index contributed by atoms with van der Waals surface area (Å²) in [5.74, 6) is -0.00751. The van der Waals surface area contributed by atoms with E-state index in [9.17, 15) is 0 Å². The second-order valence-corrected chi connectivity index (χ2v) is 6.13. The Kier molecular flexibility index (Phi) is 3.47. The van der Waals surface area contributed by atoms with Crippen LogP contribution in [0.15, 0.2) is 65.7 Å². The molecule has 0 spiro atoms. The van der Waals surface area contributed by atoms with Gasteiger partial charge >= 0.3 is 0 Å². The van der Waals surface area contributed by atoms with Gasteiger partial charge in [-0.05, 0) is 12.1 Å². The topological polar surface area (TPSA) is 95.1 Å². The largest absolute Gasteiger partial charge is 0.370 e. The smallest absolute Gasteiger partial charge is 0.215 e. The number of aromatic nitrogens is 3. The maximum atomic E-state index is 5.49. The molecule has 0 radical (unpaired) electrons. The molecule has 118 valence electrons. The molecule has 0 aliphatic heterocycles. The van der Waals surface area contributed by atoms with Gasteiger partial charge in [0.1, 0.15) is 10.4 Å². The van der Waals surface area contributed by atoms with Crippen LogP contribution >= 0.6 is 11.3 Å². The molecule has 6 nitrogen and oxygen atoms in total. The fraction of sp³-hybridized carbons (Fsp3) is 0. The minimum absolute atomic E-state index is 0.00751. The quantitative estimate of drug-likeness (QED) is 0.444. The number of para-hydroxylation sites is 1. The van der Waals surface area contributed by atoms with E-state index in [2.05, 4.69) is 9.98 Å². The highest BCUT2D eigenvalue weighted by Gasteiger charge is 2.18. The average Bonchev–Trinajstić information content (AvgIpc) is 3.14. The predicted octanol–water partition coefficient (Wildman–Crippen LogP) is 3.05. The third-order valence-corrected chi connectivity index (χ3v) is 4.43. The summed E-state index contributed by atoms with van der Waals surface area (Å²) >= 11 is 1.42. The van der Waals surface area contributed by atoms with E-state index in [1.165, 1.54) is 11.3 Å². The fourth-order valence-electron chi connectivity index (χ4n) is 2.48. The van der Waals surface area contributed by atoms with Crippen molar-refractivity contribution in [1.82, 2.24) is 14.8 Å². The van der Waals surface area contributed by atoms with Gasteiger partial charge in [0.05, 0.1) is 5.69 Å². The number of benzene rings is 2. The van der Waals surface area contributed by atoms with Crippen LogP contribution in [0.4, 0.5) is 5.13 Å². The first-order valence-electron chi connectivity index (χ1n) is 7.32. The summed E-state index contributed by atoms with van der Waals surface area (Å²) in [6.07, 6.45) is 0. The van der Waals surface area contributed by atoms with Crippen LogP contribution in [0.2, 0.25) is 0 Å². The van der Waals surface area contributed by atoms with Crippen molar-refractivity contribution in [3.05, 3.63) is 60.7 Å². The van der Waals surface area contributed by atoms with E-state index in [1.54, 1.807) is 0 Å². The molecule has 0 fully saturated rings. The maximum Gasteiger partial charge on any atom is 0.215 e. The first-order chi connectivity index (χ1) is 11.7. The Morgan fingerprint density at radius 3 is 2.29 bits per heavy atom. The highest BCUT2D eigenvalue weighted by molar-refractivity contribution is 7.22. The second kappa shape index (κ2) is 5.78. The van der Waals surface area contributed by atoms with Crippen LogP contribution in [0, 0.1) is 0 Å². The fourth-order valence-corrected chi connectivity index (χ4v) is 3.43. The molecule has 0 saturated heterocycles. The van der Waals surface area contributed by atoms with E-state index >= 15 is 0 Å². The van der Waals surface area contributed by atoms with E-state index in [4.69, 9.17) is 16.6 Å². The van der Waals surface area contributed by atoms with Crippen molar-refractivity contribution < 1.29 is 0 Å². The maximum absolute atomic E-state index is 5.49. The SMILES string of the molecule is NC(N)=Nc1nc2c(s1)c(-c1ccccc1)nn2-c1ccccc1. The molecule has 4 N–H and O–H groups in total. The average molecular weight is 334 g/mol. The van der Waals surface area contributed by atoms with Gasteiger partial charge in [-0.3, -0.25) is 0 Å². The molecular weight excluding hydrogens is 320 g/mol. The van der Waals surface area contributed by atoms with Crippen LogP contribution in [0.3, 0.4) is 0 Å². The number of nitrogens with two attached hydrogens (primary N) is 2. The number of rotatable bonds is 3. The van der Waals surface area contributed by atoms with Crippen molar-refractivity contribution in [2.24, 2.45) is 16.5 Å². The third kappa shape index (κ3) is 2.50. The van der Waals surface area contributed by atoms with Gasteiger partial charge in [0, 0.05) is 5.56 Å². The molecule has 0 unspecified atom stereocenters. The van der Waals surface area contributed by atoms with Crippen molar-refractivity contribution in [2.75, 3.05) is 0 Å². The van der Waals surface area contributed by atoms with Gasteiger partial charge in [0.2, 0.25) is 5.13 Å². The summed E-state index contributed by atoms with van der Waals surface area (Å²) in [6.45, 7) is 0. The molecular formula is C17H14N6S. The first-order valence-corrected chi connectivity index (χ1v) is 8.14. The van der Waals surface area contributed by atoms with Crippen molar-refractivity contribution in [2.45, 2.75) is 0 Å². The molecule has 4 aromatic rings. The Hall–Kier alpha value is -3.19. The Morgan fingerprint density at radius 1 is 0.958 bits per heavy atom. The van der Waals surface area contributed by atoms with Crippen molar-refractivity contribution in [3.8, 4) is 16.9 Å². The molecule has 0 aliphatic carbocycles. The number of thiazole rings is 1. The Labute approximate surface area is 142 Å². The second-order valence-electron chi connectivity index (χ2n) is 5.15. The molecule has 4 rings (SSSR count). The van der Waals surface area contributed by atoms with Crippen LogP contribution in [-0.4, -0.2) is 20.7 Å². The summed E-state index contributed by atoms with van der Waals surface area (Å²) in [5.41, 5.74) is 14.5. The number of nitrogens with zero attached hydrogens (tertiary/aromatic N) is 4. The molecule has 0 bridgehead atoms. The summed E-state index contributed by atoms with van der Waals surface area (Å²) in [6, 6.07) is 19.9. The van der Waals surface area contributed by atoms with Crippen molar-refractivity contribution in [1.29, 1.82) is 0 Å². The molecule has 2 aromatic heterocycles. The summed E-state index contributed by atoms with van der Waals surface area (Å²) < 4.78 is 2.77. The number of guanidine groups is 1. The highest BCUT2D eigenvalue weighted by Crippen LogP contribution is 2.36. The number of hydrogen-bond donors (Lipinski definition) is 2. The lowest BCUT2D eigenvalue weighted by atomic mass is 10.2. The molecule has 0 atom stereocenters. The van der Waals surface area contributed by atoms with Gasteiger partial charge in [-0.25, -0.2) is 4.68 Å². The lowest BCUT2D eigenvalue weighted by Crippen LogP contribution is -2.21. The summed E-state index contributed by atoms with van der Waals surface area (Å²) in [5, 5.41) is 5.28. The van der Waals surface area contributed by atoms with E-state index in [0.717, 1.165) is 27.3 Å². The monoisotopic (exact) mass is 334 g/mol. The standard InChI is InChI=1S/C17H14N6S/c18-16(19)21-17-20-15-14(24-17)13(11-7-3-1-4-8-11)22-23(15)12-9-5-2-6-10-12/h1-10H,(H4,18,19,20,21). The van der Waals surface area contributed by atoms with E-state index in [-0.39, 0.29) is 5.96 Å². The molecule has 24 heavy (non-hydrogen) atoms. The molecule has 0 amide bonds. The van der Waals surface area contributed by atoms with Gasteiger partial charge in [0.15, 0.2) is 11.6 Å². The van der Waals surface area contributed by atoms with Crippen molar-refractivity contribution >= 4 is 32.8 Å². The van der Waals surface area contributed by atoms with Gasteiger partial charge in [-0.2, -0.15) is 15.1 Å². The predicted molar refractivity (Wildman–Crippen MR) is 97.6 cm³/mol. The lowest BCUT2D eigenvalue weighted by Gasteiger charge is -2.01. The Morgan fingerprint density at radius 2 is 1.62 bits per heavy atom. The molecule has 0 aliphatic rings. The number of aliphatic imine (C=N–C) groups is 1. The van der Waals surface area contributed by atoms with Gasteiger partial charge < -0.3 is 11.5 Å². The Bertz CT molecular complexity index is 941. The summed E-state index contributed by atoms with van der Waals surface area (Å²) in [4.78, 5) is 8.62. The van der Waals surface area contributed by atoms with Crippen LogP contribution in [0.1, 0.15) is 0 Å². The zero-order valence-electron chi connectivity index (χ0n) is 12.6. The Balaban J connectivity index is 1.99. The minimum atomic E-state index is -0.00751. The van der Waals surface area contributed by atoms with Crippen LogP contribution in [0.5, 0.6) is 0 Å². The highest BCUT2D eigenvalue weighted by atomic mass is 32.1. The van der Waals surface area contributed by atoms with Gasteiger partial charge in [0.25, 0.3) is 0 Å². The normalized spacial score (nSPS) is 10.8. The van der Waals surface area contributed by atoms with E-state index < -0.39 is 0 Å². The molecule has 7 heteroatoms. The third-order valence-electron chi connectivity index (χ3n) is 3.49. The molecule has 2 heterocycles. The lowest BCUT2D eigenvalue weighted by molar-refractivity contribution is 0.902. The van der Waals surface area contributed by atoms with E-state index in [0.29, 0.717) is 5.13 Å². The molecule has 0 saturated carbocycles. The van der Waals surface area contributed by atoms with Crippen molar-refractivity contribution in [3.63, 3.8) is 0 Å². The first kappa shape index (κ1) is 14.4. The minimum Gasteiger partial charge on any atom is -0.370 e.